The molecule has 2 aliphatic heterocycles. The second kappa shape index (κ2) is 6.80. The first-order chi connectivity index (χ1) is 13.7. The van der Waals surface area contributed by atoms with Gasteiger partial charge in [-0.3, -0.25) is 9.69 Å². The molecule has 6 heteroatoms. The number of ether oxygens (including phenoxy) is 1. The monoisotopic (exact) mass is 375 g/mol. The fraction of sp³-hybridized carbons (Fsp3) is 0.273. The molecule has 2 aromatic carbocycles. The number of likely N-dealkylation sites (N-methyl/N-ethyl adjacent to an activating group) is 1. The van der Waals surface area contributed by atoms with Crippen molar-refractivity contribution in [2.45, 2.75) is 18.7 Å². The molecule has 0 spiro atoms. The second-order valence-corrected chi connectivity index (χ2v) is 7.37. The highest BCUT2D eigenvalue weighted by atomic mass is 16.5. The maximum absolute atomic E-state index is 12.8. The number of para-hydroxylation sites is 1. The highest BCUT2D eigenvalue weighted by Gasteiger charge is 2.42. The van der Waals surface area contributed by atoms with E-state index in [2.05, 4.69) is 10.1 Å². The molecule has 0 radical (unpaired) electrons. The molecule has 2 unspecified atom stereocenters. The largest absolute Gasteiger partial charge is 0.486 e. The number of aromatic nitrogens is 1. The van der Waals surface area contributed by atoms with E-state index in [9.17, 15) is 4.79 Å². The van der Waals surface area contributed by atoms with Crippen molar-refractivity contribution in [3.8, 4) is 17.0 Å². The number of carbonyl (C=O) groups excluding carboxylic acids is 1. The van der Waals surface area contributed by atoms with Crippen LogP contribution in [0.4, 0.5) is 0 Å². The Morgan fingerprint density at radius 1 is 1.07 bits per heavy atom. The number of likely N-dealkylation sites (tertiary alicyclic amines) is 1. The Morgan fingerprint density at radius 2 is 1.86 bits per heavy atom. The normalized spacial score (nSPS) is 21.8. The number of carbonyl (C=O) groups is 1. The van der Waals surface area contributed by atoms with E-state index in [4.69, 9.17) is 9.26 Å². The van der Waals surface area contributed by atoms with E-state index < -0.39 is 0 Å². The minimum Gasteiger partial charge on any atom is -0.486 e. The molecule has 1 aromatic heterocycles. The summed E-state index contributed by atoms with van der Waals surface area (Å²) in [6.45, 7) is 2.11. The van der Waals surface area contributed by atoms with E-state index in [-0.39, 0.29) is 18.1 Å². The van der Waals surface area contributed by atoms with Crippen LogP contribution in [0.15, 0.2) is 65.2 Å². The maximum Gasteiger partial charge on any atom is 0.257 e. The highest BCUT2D eigenvalue weighted by molar-refractivity contribution is 5.97. The van der Waals surface area contributed by atoms with Gasteiger partial charge in [-0.25, -0.2) is 0 Å². The Morgan fingerprint density at radius 3 is 2.71 bits per heavy atom. The fourth-order valence-electron chi connectivity index (χ4n) is 4.05. The first-order valence-corrected chi connectivity index (χ1v) is 9.45. The molecule has 6 nitrogen and oxygen atoms in total. The highest BCUT2D eigenvalue weighted by Crippen LogP contribution is 2.31. The van der Waals surface area contributed by atoms with Crippen LogP contribution in [-0.2, 0) is 6.54 Å². The van der Waals surface area contributed by atoms with Crippen LogP contribution in [0.3, 0.4) is 0 Å². The van der Waals surface area contributed by atoms with Crippen molar-refractivity contribution in [3.05, 3.63) is 72.0 Å². The van der Waals surface area contributed by atoms with Crippen molar-refractivity contribution in [2.24, 2.45) is 0 Å². The van der Waals surface area contributed by atoms with Gasteiger partial charge in [0.1, 0.15) is 17.5 Å². The Bertz CT molecular complexity index is 1000. The minimum absolute atomic E-state index is 0.0102. The van der Waals surface area contributed by atoms with Crippen LogP contribution in [0.1, 0.15) is 16.1 Å². The molecule has 3 heterocycles. The third-order valence-electron chi connectivity index (χ3n) is 5.53. The molecule has 3 aromatic rings. The number of rotatable bonds is 3. The zero-order chi connectivity index (χ0) is 19.1. The average molecular weight is 375 g/mol. The van der Waals surface area contributed by atoms with Crippen LogP contribution >= 0.6 is 0 Å². The van der Waals surface area contributed by atoms with Gasteiger partial charge in [0.2, 0.25) is 0 Å². The first-order valence-electron chi connectivity index (χ1n) is 9.45. The number of hydrogen-bond donors (Lipinski definition) is 0. The number of benzene rings is 2. The zero-order valence-electron chi connectivity index (χ0n) is 15.6. The summed E-state index contributed by atoms with van der Waals surface area (Å²) in [6.07, 6.45) is -0.0610. The third kappa shape index (κ3) is 2.96. The quantitative estimate of drug-likeness (QED) is 0.704. The summed E-state index contributed by atoms with van der Waals surface area (Å²) >= 11 is 0. The van der Waals surface area contributed by atoms with E-state index in [0.29, 0.717) is 17.9 Å². The summed E-state index contributed by atoms with van der Waals surface area (Å²) in [5.41, 5.74) is 2.50. The van der Waals surface area contributed by atoms with Crippen LogP contribution in [0.2, 0.25) is 0 Å². The topological polar surface area (TPSA) is 58.8 Å². The van der Waals surface area contributed by atoms with Crippen molar-refractivity contribution in [3.63, 3.8) is 0 Å². The fourth-order valence-corrected chi connectivity index (χ4v) is 4.05. The lowest BCUT2D eigenvalue weighted by molar-refractivity contribution is 0.0682. The molecule has 2 aliphatic rings. The van der Waals surface area contributed by atoms with E-state index in [1.54, 1.807) is 0 Å². The van der Waals surface area contributed by atoms with Gasteiger partial charge in [0.05, 0.1) is 18.2 Å². The van der Waals surface area contributed by atoms with Gasteiger partial charge >= 0.3 is 0 Å². The number of amides is 1. The Kier molecular flexibility index (Phi) is 4.13. The molecule has 28 heavy (non-hydrogen) atoms. The standard InChI is InChI=1S/C22H21N3O3/c1-24-19-13-25(12-16-11-18(23-28-16)15-7-3-2-4-8-15)14-21(19)27-20-10-6-5-9-17(20)22(24)26/h2-11,19,21H,12-14H2,1H3. The van der Waals surface area contributed by atoms with Crippen molar-refractivity contribution >= 4 is 5.91 Å². The molecule has 0 aliphatic carbocycles. The molecule has 1 fully saturated rings. The minimum atomic E-state index is -0.0610. The first kappa shape index (κ1) is 17.0. The summed E-state index contributed by atoms with van der Waals surface area (Å²) < 4.78 is 11.8. The third-order valence-corrected chi connectivity index (χ3v) is 5.53. The van der Waals surface area contributed by atoms with Gasteiger partial charge in [-0.1, -0.05) is 47.6 Å². The van der Waals surface area contributed by atoms with Crippen LogP contribution in [0.25, 0.3) is 11.3 Å². The van der Waals surface area contributed by atoms with Gasteiger partial charge in [0.15, 0.2) is 5.76 Å². The molecule has 1 saturated heterocycles. The van der Waals surface area contributed by atoms with Crippen molar-refractivity contribution in [1.29, 1.82) is 0 Å². The van der Waals surface area contributed by atoms with Crippen molar-refractivity contribution < 1.29 is 14.1 Å². The van der Waals surface area contributed by atoms with Gasteiger partial charge in [0, 0.05) is 31.8 Å². The molecule has 2 atom stereocenters. The van der Waals surface area contributed by atoms with Gasteiger partial charge in [-0.15, -0.1) is 0 Å². The summed E-state index contributed by atoms with van der Waals surface area (Å²) in [5.74, 6) is 1.49. The second-order valence-electron chi connectivity index (χ2n) is 7.37. The summed E-state index contributed by atoms with van der Waals surface area (Å²) in [6, 6.07) is 19.4. The zero-order valence-corrected chi connectivity index (χ0v) is 15.6. The van der Waals surface area contributed by atoms with E-state index in [0.717, 1.165) is 30.1 Å². The Balaban J connectivity index is 1.33. The lowest BCUT2D eigenvalue weighted by atomic mass is 10.1. The van der Waals surface area contributed by atoms with Crippen LogP contribution in [0, 0.1) is 0 Å². The number of fused-ring (bicyclic) bond motifs is 2. The van der Waals surface area contributed by atoms with E-state index in [1.165, 1.54) is 0 Å². The predicted molar refractivity (Wildman–Crippen MR) is 104 cm³/mol. The summed E-state index contributed by atoms with van der Waals surface area (Å²) in [7, 11) is 1.86. The van der Waals surface area contributed by atoms with Crippen LogP contribution in [-0.4, -0.2) is 53.1 Å². The molecule has 5 rings (SSSR count). The summed E-state index contributed by atoms with van der Waals surface area (Å²) in [5, 5.41) is 4.19. The van der Waals surface area contributed by atoms with Crippen molar-refractivity contribution in [1.82, 2.24) is 15.0 Å². The number of hydrogen-bond acceptors (Lipinski definition) is 5. The molecule has 0 saturated carbocycles. The molecular weight excluding hydrogens is 354 g/mol. The Hall–Kier alpha value is -3.12. The SMILES string of the molecule is CN1C(=O)c2ccccc2OC2CN(Cc3cc(-c4ccccc4)no3)CC21. The van der Waals surface area contributed by atoms with Gasteiger partial charge in [-0.2, -0.15) is 0 Å². The predicted octanol–water partition coefficient (Wildman–Crippen LogP) is 3.06. The van der Waals surface area contributed by atoms with Crippen LogP contribution in [0.5, 0.6) is 5.75 Å². The Labute approximate surface area is 163 Å². The molecule has 1 amide bonds. The average Bonchev–Trinajstić information content (AvgIpc) is 3.33. The number of nitrogens with zero attached hydrogens (tertiary/aromatic N) is 3. The lowest BCUT2D eigenvalue weighted by Gasteiger charge is -2.25. The molecular formula is C22H21N3O3. The lowest BCUT2D eigenvalue weighted by Crippen LogP contribution is -2.44. The van der Waals surface area contributed by atoms with E-state index in [1.807, 2.05) is 72.6 Å². The van der Waals surface area contributed by atoms with Gasteiger partial charge in [0.25, 0.3) is 5.91 Å². The maximum atomic E-state index is 12.8. The van der Waals surface area contributed by atoms with Crippen LogP contribution < -0.4 is 4.74 Å². The van der Waals surface area contributed by atoms with Gasteiger partial charge < -0.3 is 14.2 Å². The summed E-state index contributed by atoms with van der Waals surface area (Å²) in [4.78, 5) is 16.9. The van der Waals surface area contributed by atoms with E-state index >= 15 is 0 Å². The van der Waals surface area contributed by atoms with Gasteiger partial charge in [-0.05, 0) is 12.1 Å². The molecule has 0 N–H and O–H groups in total. The van der Waals surface area contributed by atoms with Crippen molar-refractivity contribution in [2.75, 3.05) is 20.1 Å². The smallest absolute Gasteiger partial charge is 0.257 e. The molecule has 0 bridgehead atoms. The molecule has 142 valence electrons.